The van der Waals surface area contributed by atoms with E-state index >= 15 is 0 Å². The predicted octanol–water partition coefficient (Wildman–Crippen LogP) is 1.89. The summed E-state index contributed by atoms with van der Waals surface area (Å²) in [5.74, 6) is 0.772. The van der Waals surface area contributed by atoms with E-state index < -0.39 is 0 Å². The number of nitrogens with zero attached hydrogens (tertiary/aromatic N) is 1. The van der Waals surface area contributed by atoms with Gasteiger partial charge in [0.05, 0.1) is 20.8 Å². The van der Waals surface area contributed by atoms with Crippen LogP contribution < -0.4 is 4.74 Å². The Morgan fingerprint density at radius 1 is 1.33 bits per heavy atom. The van der Waals surface area contributed by atoms with Gasteiger partial charge in [-0.05, 0) is 6.07 Å². The van der Waals surface area contributed by atoms with Crippen molar-refractivity contribution in [2.75, 3.05) is 21.3 Å². The van der Waals surface area contributed by atoms with Crippen LogP contribution in [0.25, 0.3) is 0 Å². The zero-order valence-electron chi connectivity index (χ0n) is 9.19. The van der Waals surface area contributed by atoms with Gasteiger partial charge in [0.25, 0.3) is 0 Å². The maximum Gasteiger partial charge on any atom is 0.409 e. The molecule has 0 saturated heterocycles. The molecule has 1 rings (SSSR count). The first-order chi connectivity index (χ1) is 7.19. The highest BCUT2D eigenvalue weighted by atomic mass is 16.5. The van der Waals surface area contributed by atoms with E-state index in [1.54, 1.807) is 14.2 Å². The minimum Gasteiger partial charge on any atom is -0.496 e. The van der Waals surface area contributed by atoms with Crippen LogP contribution in [-0.4, -0.2) is 32.3 Å². The Bertz CT molecular complexity index is 338. The van der Waals surface area contributed by atoms with E-state index in [-0.39, 0.29) is 6.09 Å². The molecule has 0 saturated carbocycles. The number of benzene rings is 1. The number of hydrogen-bond acceptors (Lipinski definition) is 3. The quantitative estimate of drug-likeness (QED) is 0.763. The smallest absolute Gasteiger partial charge is 0.409 e. The lowest BCUT2D eigenvalue weighted by atomic mass is 10.2. The zero-order chi connectivity index (χ0) is 11.3. The lowest BCUT2D eigenvalue weighted by Crippen LogP contribution is -2.25. The molecule has 1 amide bonds. The normalized spacial score (nSPS) is 9.53. The van der Waals surface area contributed by atoms with Gasteiger partial charge in [0.1, 0.15) is 5.75 Å². The maximum atomic E-state index is 11.2. The topological polar surface area (TPSA) is 38.8 Å². The summed E-state index contributed by atoms with van der Waals surface area (Å²) in [5.41, 5.74) is 0.952. The number of carbonyl (C=O) groups is 1. The number of hydrogen-bond donors (Lipinski definition) is 0. The molecule has 0 atom stereocenters. The summed E-state index contributed by atoms with van der Waals surface area (Å²) >= 11 is 0. The van der Waals surface area contributed by atoms with Crippen molar-refractivity contribution in [3.8, 4) is 5.75 Å². The Labute approximate surface area is 89.4 Å². The Balaban J connectivity index is 2.75. The van der Waals surface area contributed by atoms with Crippen molar-refractivity contribution in [1.29, 1.82) is 0 Å². The Kier molecular flexibility index (Phi) is 3.97. The first kappa shape index (κ1) is 11.4. The molecular weight excluding hydrogens is 194 g/mol. The summed E-state index contributed by atoms with van der Waals surface area (Å²) in [6.07, 6.45) is -0.360. The number of methoxy groups -OCH3 is 2. The highest BCUT2D eigenvalue weighted by Gasteiger charge is 2.10. The van der Waals surface area contributed by atoms with E-state index in [1.807, 2.05) is 24.3 Å². The fourth-order valence-corrected chi connectivity index (χ4v) is 1.31. The lowest BCUT2D eigenvalue weighted by molar-refractivity contribution is 0.131. The SMILES string of the molecule is COC(=O)N(C)Cc1ccccc1OC. The number of amides is 1. The first-order valence-electron chi connectivity index (χ1n) is 4.60. The molecule has 0 aliphatic heterocycles. The summed E-state index contributed by atoms with van der Waals surface area (Å²) in [6.45, 7) is 0.469. The minimum atomic E-state index is -0.360. The van der Waals surface area contributed by atoms with Crippen molar-refractivity contribution in [2.24, 2.45) is 0 Å². The van der Waals surface area contributed by atoms with Crippen molar-refractivity contribution in [1.82, 2.24) is 4.90 Å². The van der Waals surface area contributed by atoms with E-state index in [1.165, 1.54) is 12.0 Å². The van der Waals surface area contributed by atoms with E-state index in [0.29, 0.717) is 6.54 Å². The maximum absolute atomic E-state index is 11.2. The van der Waals surface area contributed by atoms with Crippen molar-refractivity contribution < 1.29 is 14.3 Å². The van der Waals surface area contributed by atoms with Gasteiger partial charge < -0.3 is 14.4 Å². The molecule has 0 fully saturated rings. The third-order valence-electron chi connectivity index (χ3n) is 2.09. The van der Waals surface area contributed by atoms with Gasteiger partial charge in [-0.25, -0.2) is 4.79 Å². The second-order valence-corrected chi connectivity index (χ2v) is 3.14. The average Bonchev–Trinajstić information content (AvgIpc) is 2.28. The van der Waals surface area contributed by atoms with Gasteiger partial charge in [-0.15, -0.1) is 0 Å². The number of rotatable bonds is 3. The van der Waals surface area contributed by atoms with E-state index in [0.717, 1.165) is 11.3 Å². The van der Waals surface area contributed by atoms with Crippen LogP contribution in [0.2, 0.25) is 0 Å². The minimum absolute atomic E-state index is 0.360. The molecule has 0 spiro atoms. The summed E-state index contributed by atoms with van der Waals surface area (Å²) in [5, 5.41) is 0. The van der Waals surface area contributed by atoms with Crippen LogP contribution in [0.5, 0.6) is 5.75 Å². The Morgan fingerprint density at radius 3 is 2.60 bits per heavy atom. The van der Waals surface area contributed by atoms with Crippen LogP contribution in [0.15, 0.2) is 24.3 Å². The van der Waals surface area contributed by atoms with Crippen LogP contribution in [0.3, 0.4) is 0 Å². The van der Waals surface area contributed by atoms with E-state index in [9.17, 15) is 4.79 Å². The highest BCUT2D eigenvalue weighted by Crippen LogP contribution is 2.18. The molecule has 0 N–H and O–H groups in total. The summed E-state index contributed by atoms with van der Waals surface area (Å²) in [7, 11) is 4.65. The van der Waals surface area contributed by atoms with Crippen LogP contribution in [0.1, 0.15) is 5.56 Å². The molecule has 0 aromatic heterocycles. The third kappa shape index (κ3) is 2.87. The van der Waals surface area contributed by atoms with Gasteiger partial charge in [-0.3, -0.25) is 0 Å². The zero-order valence-corrected chi connectivity index (χ0v) is 9.19. The molecule has 0 unspecified atom stereocenters. The molecule has 4 heteroatoms. The third-order valence-corrected chi connectivity index (χ3v) is 2.09. The summed E-state index contributed by atoms with van der Waals surface area (Å²) < 4.78 is 9.78. The average molecular weight is 209 g/mol. The van der Waals surface area contributed by atoms with Crippen LogP contribution in [-0.2, 0) is 11.3 Å². The Morgan fingerprint density at radius 2 is 2.00 bits per heavy atom. The molecular formula is C11H15NO3. The lowest BCUT2D eigenvalue weighted by Gasteiger charge is -2.17. The van der Waals surface area contributed by atoms with Crippen LogP contribution in [0, 0.1) is 0 Å². The second-order valence-electron chi connectivity index (χ2n) is 3.14. The number of carbonyl (C=O) groups excluding carboxylic acids is 1. The number of ether oxygens (including phenoxy) is 2. The molecule has 0 aliphatic carbocycles. The molecule has 1 aromatic rings. The number of para-hydroxylation sites is 1. The fourth-order valence-electron chi connectivity index (χ4n) is 1.31. The van der Waals surface area contributed by atoms with E-state index in [4.69, 9.17) is 4.74 Å². The molecule has 0 radical (unpaired) electrons. The molecule has 0 bridgehead atoms. The van der Waals surface area contributed by atoms with Gasteiger partial charge in [-0.2, -0.15) is 0 Å². The predicted molar refractivity (Wildman–Crippen MR) is 56.9 cm³/mol. The van der Waals surface area contributed by atoms with Crippen LogP contribution in [0.4, 0.5) is 4.79 Å². The molecule has 0 heterocycles. The summed E-state index contributed by atoms with van der Waals surface area (Å²) in [4.78, 5) is 12.7. The van der Waals surface area contributed by atoms with Crippen molar-refractivity contribution >= 4 is 6.09 Å². The largest absolute Gasteiger partial charge is 0.496 e. The Hall–Kier alpha value is -1.71. The molecule has 4 nitrogen and oxygen atoms in total. The van der Waals surface area contributed by atoms with Gasteiger partial charge >= 0.3 is 6.09 Å². The second kappa shape index (κ2) is 5.24. The monoisotopic (exact) mass is 209 g/mol. The van der Waals surface area contributed by atoms with Crippen molar-refractivity contribution in [3.05, 3.63) is 29.8 Å². The molecule has 1 aromatic carbocycles. The molecule has 82 valence electrons. The van der Waals surface area contributed by atoms with Gasteiger partial charge in [0.2, 0.25) is 0 Å². The standard InChI is InChI=1S/C11H15NO3/c1-12(11(13)15-3)8-9-6-4-5-7-10(9)14-2/h4-7H,8H2,1-3H3. The summed E-state index contributed by atoms with van der Waals surface area (Å²) in [6, 6.07) is 7.57. The van der Waals surface area contributed by atoms with Crippen molar-refractivity contribution in [2.45, 2.75) is 6.54 Å². The van der Waals surface area contributed by atoms with Crippen LogP contribution >= 0.6 is 0 Å². The van der Waals surface area contributed by atoms with E-state index in [2.05, 4.69) is 4.74 Å². The van der Waals surface area contributed by atoms with Gasteiger partial charge in [-0.1, -0.05) is 18.2 Å². The first-order valence-corrected chi connectivity index (χ1v) is 4.60. The highest BCUT2D eigenvalue weighted by molar-refractivity contribution is 5.67. The fraction of sp³-hybridized carbons (Fsp3) is 0.364. The van der Waals surface area contributed by atoms with Gasteiger partial charge in [0.15, 0.2) is 0 Å². The molecule has 15 heavy (non-hydrogen) atoms. The van der Waals surface area contributed by atoms with Crippen molar-refractivity contribution in [3.63, 3.8) is 0 Å². The molecule has 0 aliphatic rings. The van der Waals surface area contributed by atoms with Gasteiger partial charge in [0, 0.05) is 12.6 Å².